The van der Waals surface area contributed by atoms with Crippen molar-refractivity contribution in [2.45, 2.75) is 103 Å². The quantitative estimate of drug-likeness (QED) is 0.339. The Morgan fingerprint density at radius 1 is 0.814 bits per heavy atom. The van der Waals surface area contributed by atoms with E-state index in [1.807, 2.05) is 0 Å². The zero-order valence-corrected chi connectivity index (χ0v) is 25.6. The van der Waals surface area contributed by atoms with Crippen LogP contribution in [-0.2, 0) is 24.5 Å². The molecular formula is C34H45N3O6. The molecular weight excluding hydrogens is 546 g/mol. The zero-order chi connectivity index (χ0) is 29.9. The maximum absolute atomic E-state index is 12.6. The number of ketones is 1. The van der Waals surface area contributed by atoms with Gasteiger partial charge in [0.2, 0.25) is 0 Å². The predicted molar refractivity (Wildman–Crippen MR) is 158 cm³/mol. The highest BCUT2D eigenvalue weighted by Gasteiger charge is 2.55. The van der Waals surface area contributed by atoms with Gasteiger partial charge in [-0.2, -0.15) is 9.61 Å². The highest BCUT2D eigenvalue weighted by molar-refractivity contribution is 5.99. The third-order valence-electron chi connectivity index (χ3n) is 11.8. The maximum atomic E-state index is 12.6. The molecule has 1 N–H and O–H groups in total. The Balaban J connectivity index is 0.000000148. The fraction of sp³-hybridized carbons (Fsp3) is 0.735. The average Bonchev–Trinajstić information content (AvgIpc) is 3.38. The van der Waals surface area contributed by atoms with Crippen LogP contribution in [0.4, 0.5) is 0 Å². The fourth-order valence-electron chi connectivity index (χ4n) is 11.0. The summed E-state index contributed by atoms with van der Waals surface area (Å²) in [5.41, 5.74) is 1.60. The third kappa shape index (κ3) is 5.24. The van der Waals surface area contributed by atoms with Gasteiger partial charge in [-0.3, -0.25) is 14.4 Å². The molecule has 0 unspecified atom stereocenters. The summed E-state index contributed by atoms with van der Waals surface area (Å²) in [6, 6.07) is 3.34. The molecule has 0 aliphatic heterocycles. The van der Waals surface area contributed by atoms with Gasteiger partial charge in [-0.25, -0.2) is 4.79 Å². The van der Waals surface area contributed by atoms with Gasteiger partial charge < -0.3 is 14.5 Å². The van der Waals surface area contributed by atoms with Crippen LogP contribution in [0.15, 0.2) is 16.9 Å². The van der Waals surface area contributed by atoms with E-state index in [0.29, 0.717) is 18.9 Å². The van der Waals surface area contributed by atoms with Gasteiger partial charge in [-0.1, -0.05) is 0 Å². The van der Waals surface area contributed by atoms with Gasteiger partial charge in [0.1, 0.15) is 17.9 Å². The molecule has 2 heterocycles. The second-order valence-corrected chi connectivity index (χ2v) is 14.9. The molecule has 0 radical (unpaired) electrons. The van der Waals surface area contributed by atoms with Crippen molar-refractivity contribution in [2.75, 3.05) is 13.2 Å². The standard InChI is InChI=1S/C19H23N3O3.C15H22O3/c1-2-25-18(24)14-6-16-20-15(7-17(23)22(16)21-14)19-8-11-3-12(9-19)5-13(4-11)10-19;1-2-18-14(17)6-13(16)15-7-10-3-11(8-15)5-12(4-10)9-15/h6-7,11-13,20H,2-5,8-10H2,1H3;10-12H,2-9H2,1H3. The van der Waals surface area contributed by atoms with Crippen LogP contribution in [0.3, 0.4) is 0 Å². The first kappa shape index (κ1) is 28.8. The van der Waals surface area contributed by atoms with Crippen molar-refractivity contribution in [1.29, 1.82) is 0 Å². The molecule has 43 heavy (non-hydrogen) atoms. The first-order chi connectivity index (χ1) is 20.7. The lowest BCUT2D eigenvalue weighted by Crippen LogP contribution is -2.50. The number of nitrogens with one attached hydrogen (secondary N) is 1. The first-order valence-corrected chi connectivity index (χ1v) is 16.7. The Bertz CT molecular complexity index is 1420. The molecule has 0 amide bonds. The van der Waals surface area contributed by atoms with Gasteiger partial charge in [-0.15, -0.1) is 0 Å². The average molecular weight is 592 g/mol. The molecule has 8 bridgehead atoms. The van der Waals surface area contributed by atoms with Crippen molar-refractivity contribution >= 4 is 23.4 Å². The van der Waals surface area contributed by atoms with Crippen molar-refractivity contribution < 1.29 is 23.9 Å². The van der Waals surface area contributed by atoms with Gasteiger partial charge in [0.15, 0.2) is 5.69 Å². The molecule has 0 aromatic carbocycles. The number of nitrogens with zero attached hydrogens (tertiary/aromatic N) is 2. The summed E-state index contributed by atoms with van der Waals surface area (Å²) >= 11 is 0. The number of aromatic amines is 1. The molecule has 8 fully saturated rings. The number of ether oxygens (including phenoxy) is 2. The van der Waals surface area contributed by atoms with E-state index < -0.39 is 5.97 Å². The van der Waals surface area contributed by atoms with Gasteiger partial charge >= 0.3 is 11.9 Å². The summed E-state index contributed by atoms with van der Waals surface area (Å²) in [7, 11) is 0. The van der Waals surface area contributed by atoms with E-state index in [1.54, 1.807) is 26.0 Å². The lowest BCUT2D eigenvalue weighted by Gasteiger charge is -2.56. The van der Waals surface area contributed by atoms with E-state index in [1.165, 1.54) is 62.3 Å². The highest BCUT2D eigenvalue weighted by atomic mass is 16.5. The Morgan fingerprint density at radius 3 is 1.84 bits per heavy atom. The number of H-pyrrole nitrogens is 1. The van der Waals surface area contributed by atoms with Gasteiger partial charge in [0.05, 0.1) is 13.2 Å². The minimum absolute atomic E-state index is 0.000000000000000444. The molecule has 0 saturated heterocycles. The summed E-state index contributed by atoms with van der Waals surface area (Å²) in [6.07, 6.45) is 14.7. The van der Waals surface area contributed by atoms with Crippen LogP contribution < -0.4 is 5.56 Å². The van der Waals surface area contributed by atoms with Crippen molar-refractivity contribution in [3.63, 3.8) is 0 Å². The van der Waals surface area contributed by atoms with Crippen molar-refractivity contribution in [1.82, 2.24) is 14.6 Å². The molecule has 8 saturated carbocycles. The highest BCUT2D eigenvalue weighted by Crippen LogP contribution is 2.61. The van der Waals surface area contributed by atoms with E-state index in [2.05, 4.69) is 10.1 Å². The zero-order valence-electron chi connectivity index (χ0n) is 25.6. The van der Waals surface area contributed by atoms with Crippen LogP contribution in [0, 0.1) is 40.9 Å². The molecule has 9 heteroatoms. The largest absolute Gasteiger partial charge is 0.466 e. The summed E-state index contributed by atoms with van der Waals surface area (Å²) in [5, 5.41) is 4.12. The second kappa shape index (κ2) is 10.9. The topological polar surface area (TPSA) is 120 Å². The van der Waals surface area contributed by atoms with Crippen LogP contribution in [0.1, 0.15) is 114 Å². The number of Topliss-reactive ketones (excluding diaryl/α,β-unsaturated/α-hetero) is 1. The van der Waals surface area contributed by atoms with E-state index in [9.17, 15) is 19.2 Å². The summed E-state index contributed by atoms with van der Waals surface area (Å²) < 4.78 is 11.2. The Labute approximate surface area is 252 Å². The van der Waals surface area contributed by atoms with E-state index in [-0.39, 0.29) is 40.3 Å². The normalized spacial score (nSPS) is 36.3. The molecule has 0 atom stereocenters. The number of carbonyl (C=O) groups excluding carboxylic acids is 3. The van der Waals surface area contributed by atoms with Crippen molar-refractivity contribution in [3.8, 4) is 0 Å². The lowest BCUT2D eigenvalue weighted by molar-refractivity contribution is -0.153. The van der Waals surface area contributed by atoms with Gasteiger partial charge in [0, 0.05) is 28.7 Å². The minimum atomic E-state index is -0.490. The van der Waals surface area contributed by atoms with Crippen molar-refractivity contribution in [2.24, 2.45) is 40.9 Å². The van der Waals surface area contributed by atoms with Crippen LogP contribution in [0.2, 0.25) is 0 Å². The summed E-state index contributed by atoms with van der Waals surface area (Å²) in [6.45, 7) is 4.20. The SMILES string of the molecule is CCOC(=O)CC(=O)C12CC3CC(CC(C3)C1)C2.CCOC(=O)c1cc2[nH]c(C34CC5CC(CC(C5)C3)C4)cc(=O)n2n1. The molecule has 9 nitrogen and oxygen atoms in total. The number of rotatable bonds is 7. The smallest absolute Gasteiger partial charge is 0.358 e. The number of aromatic nitrogens is 3. The third-order valence-corrected chi connectivity index (χ3v) is 11.8. The molecule has 0 spiro atoms. The molecule has 232 valence electrons. The Kier molecular flexibility index (Phi) is 7.28. The lowest BCUT2D eigenvalue weighted by atomic mass is 9.48. The number of carbonyl (C=O) groups is 3. The van der Waals surface area contributed by atoms with E-state index in [0.717, 1.165) is 60.5 Å². The Morgan fingerprint density at radius 2 is 1.33 bits per heavy atom. The van der Waals surface area contributed by atoms with Crippen LogP contribution in [-0.4, -0.2) is 45.5 Å². The number of esters is 2. The molecule has 8 aliphatic carbocycles. The summed E-state index contributed by atoms with van der Waals surface area (Å²) in [5.74, 6) is 4.03. The van der Waals surface area contributed by atoms with Crippen LogP contribution in [0.5, 0.6) is 0 Å². The summed E-state index contributed by atoms with van der Waals surface area (Å²) in [4.78, 5) is 52.0. The molecule has 10 rings (SSSR count). The van der Waals surface area contributed by atoms with E-state index in [4.69, 9.17) is 9.47 Å². The monoisotopic (exact) mass is 591 g/mol. The van der Waals surface area contributed by atoms with Gasteiger partial charge in [-0.05, 0) is 126 Å². The van der Waals surface area contributed by atoms with E-state index >= 15 is 0 Å². The maximum Gasteiger partial charge on any atom is 0.358 e. The molecule has 8 aliphatic rings. The first-order valence-electron chi connectivity index (χ1n) is 16.7. The van der Waals surface area contributed by atoms with Crippen LogP contribution in [0.25, 0.3) is 5.65 Å². The number of fused-ring (bicyclic) bond motifs is 1. The van der Waals surface area contributed by atoms with Crippen LogP contribution >= 0.6 is 0 Å². The molecule has 2 aromatic heterocycles. The van der Waals surface area contributed by atoms with Crippen molar-refractivity contribution in [3.05, 3.63) is 33.9 Å². The predicted octanol–water partition coefficient (Wildman–Crippen LogP) is 5.39. The minimum Gasteiger partial charge on any atom is -0.466 e. The second-order valence-electron chi connectivity index (χ2n) is 14.9. The Hall–Kier alpha value is -2.97. The molecule has 2 aromatic rings. The number of hydrogen-bond acceptors (Lipinski definition) is 7. The number of hydrogen-bond donors (Lipinski definition) is 1. The fourth-order valence-corrected chi connectivity index (χ4v) is 11.0. The van der Waals surface area contributed by atoms with Gasteiger partial charge in [0.25, 0.3) is 5.56 Å².